The van der Waals surface area contributed by atoms with Gasteiger partial charge in [0.05, 0.1) is 12.2 Å². The molecule has 0 bridgehead atoms. The molecule has 0 spiro atoms. The molecule has 0 radical (unpaired) electrons. The van der Waals surface area contributed by atoms with E-state index in [-0.39, 0.29) is 0 Å². The van der Waals surface area contributed by atoms with Crippen molar-refractivity contribution >= 4 is 32.5 Å². The van der Waals surface area contributed by atoms with Gasteiger partial charge in [-0.3, -0.25) is 0 Å². The second-order valence-electron chi connectivity index (χ2n) is 4.85. The Labute approximate surface area is 124 Å². The molecule has 0 saturated carbocycles. The molecule has 98 valence electrons. The molecule has 0 aliphatic carbocycles. The number of imidazole rings is 1. The summed E-state index contributed by atoms with van der Waals surface area (Å²) in [5.41, 5.74) is 3.27. The zero-order valence-electron chi connectivity index (χ0n) is 10.7. The summed E-state index contributed by atoms with van der Waals surface area (Å²) in [7, 11) is 0. The van der Waals surface area contributed by atoms with Crippen molar-refractivity contribution in [3.63, 3.8) is 0 Å². The minimum absolute atomic E-state index is 0.779. The Morgan fingerprint density at radius 1 is 1.05 bits per heavy atom. The van der Waals surface area contributed by atoms with Crippen LogP contribution in [0.1, 0.15) is 5.69 Å². The van der Waals surface area contributed by atoms with Crippen LogP contribution in [-0.4, -0.2) is 14.0 Å². The summed E-state index contributed by atoms with van der Waals surface area (Å²) < 4.78 is 5.37. The molecule has 0 amide bonds. The Morgan fingerprint density at radius 2 is 2.00 bits per heavy atom. The third-order valence-corrected chi connectivity index (χ3v) is 3.98. The lowest BCUT2D eigenvalue weighted by Crippen LogP contribution is -1.97. The lowest BCUT2D eigenvalue weighted by molar-refractivity contribution is 0.815. The number of halogens is 1. The SMILES string of the molecule is Brc1ccc2ccn(Cc3cn4ccccc4n3)c2c1. The standard InChI is InChI=1S/C16H12BrN3/c17-13-5-4-12-6-8-19(15(12)9-13)10-14-11-20-7-2-1-3-16(20)18-14/h1-9,11H,10H2. The molecular formula is C16H12BrN3. The first-order valence-corrected chi connectivity index (χ1v) is 7.26. The fraction of sp³-hybridized carbons (Fsp3) is 0.0625. The van der Waals surface area contributed by atoms with Crippen molar-refractivity contribution in [1.82, 2.24) is 14.0 Å². The van der Waals surface area contributed by atoms with Gasteiger partial charge in [0.1, 0.15) is 5.65 Å². The monoisotopic (exact) mass is 325 g/mol. The van der Waals surface area contributed by atoms with Crippen LogP contribution in [0.2, 0.25) is 0 Å². The van der Waals surface area contributed by atoms with Crippen molar-refractivity contribution < 1.29 is 0 Å². The maximum absolute atomic E-state index is 4.65. The van der Waals surface area contributed by atoms with Gasteiger partial charge in [-0.05, 0) is 35.7 Å². The molecule has 0 N–H and O–H groups in total. The smallest absolute Gasteiger partial charge is 0.137 e. The van der Waals surface area contributed by atoms with E-state index in [2.05, 4.69) is 66.5 Å². The molecule has 0 unspecified atom stereocenters. The van der Waals surface area contributed by atoms with E-state index in [0.717, 1.165) is 22.4 Å². The van der Waals surface area contributed by atoms with Crippen LogP contribution >= 0.6 is 15.9 Å². The third kappa shape index (κ3) is 1.93. The Morgan fingerprint density at radius 3 is 2.90 bits per heavy atom. The Bertz CT molecular complexity index is 871. The largest absolute Gasteiger partial charge is 0.341 e. The molecule has 0 saturated heterocycles. The van der Waals surface area contributed by atoms with Crippen LogP contribution in [0.3, 0.4) is 0 Å². The Kier molecular flexibility index (Phi) is 2.63. The highest BCUT2D eigenvalue weighted by Crippen LogP contribution is 2.21. The highest BCUT2D eigenvalue weighted by molar-refractivity contribution is 9.10. The molecule has 3 nitrogen and oxygen atoms in total. The third-order valence-electron chi connectivity index (χ3n) is 3.48. The van der Waals surface area contributed by atoms with Gasteiger partial charge in [-0.1, -0.05) is 28.1 Å². The van der Waals surface area contributed by atoms with Gasteiger partial charge in [0.15, 0.2) is 0 Å². The van der Waals surface area contributed by atoms with Gasteiger partial charge in [-0.25, -0.2) is 4.98 Å². The molecule has 0 atom stereocenters. The molecule has 1 aromatic carbocycles. The minimum atomic E-state index is 0.779. The van der Waals surface area contributed by atoms with Gasteiger partial charge in [0.2, 0.25) is 0 Å². The van der Waals surface area contributed by atoms with Crippen molar-refractivity contribution in [3.8, 4) is 0 Å². The van der Waals surface area contributed by atoms with Crippen LogP contribution in [0.5, 0.6) is 0 Å². The average Bonchev–Trinajstić information content (AvgIpc) is 3.03. The maximum Gasteiger partial charge on any atom is 0.137 e. The minimum Gasteiger partial charge on any atom is -0.341 e. The molecule has 4 rings (SSSR count). The number of rotatable bonds is 2. The number of hydrogen-bond donors (Lipinski definition) is 0. The molecule has 0 aliphatic rings. The number of hydrogen-bond acceptors (Lipinski definition) is 1. The fourth-order valence-electron chi connectivity index (χ4n) is 2.53. The van der Waals surface area contributed by atoms with Gasteiger partial charge in [0.25, 0.3) is 0 Å². The van der Waals surface area contributed by atoms with Crippen molar-refractivity contribution in [2.75, 3.05) is 0 Å². The molecule has 4 heteroatoms. The first-order chi connectivity index (χ1) is 9.79. The predicted octanol–water partition coefficient (Wildman–Crippen LogP) is 4.10. The van der Waals surface area contributed by atoms with E-state index < -0.39 is 0 Å². The second kappa shape index (κ2) is 4.49. The number of pyridine rings is 1. The first-order valence-electron chi connectivity index (χ1n) is 6.47. The maximum atomic E-state index is 4.65. The number of benzene rings is 1. The molecular weight excluding hydrogens is 314 g/mol. The van der Waals surface area contributed by atoms with Crippen LogP contribution in [0.15, 0.2) is 65.5 Å². The summed E-state index contributed by atoms with van der Waals surface area (Å²) in [6, 6.07) is 14.5. The van der Waals surface area contributed by atoms with Crippen LogP contribution < -0.4 is 0 Å². The zero-order valence-corrected chi connectivity index (χ0v) is 12.3. The van der Waals surface area contributed by atoms with E-state index in [4.69, 9.17) is 0 Å². The van der Waals surface area contributed by atoms with E-state index in [1.807, 2.05) is 24.4 Å². The summed E-state index contributed by atoms with van der Waals surface area (Å²) in [5.74, 6) is 0. The van der Waals surface area contributed by atoms with Crippen LogP contribution in [-0.2, 0) is 6.54 Å². The summed E-state index contributed by atoms with van der Waals surface area (Å²) in [4.78, 5) is 4.65. The lowest BCUT2D eigenvalue weighted by Gasteiger charge is -2.03. The lowest BCUT2D eigenvalue weighted by atomic mass is 10.2. The summed E-state index contributed by atoms with van der Waals surface area (Å²) >= 11 is 3.53. The van der Waals surface area contributed by atoms with E-state index >= 15 is 0 Å². The van der Waals surface area contributed by atoms with E-state index in [0.29, 0.717) is 0 Å². The number of fused-ring (bicyclic) bond motifs is 2. The molecule has 0 fully saturated rings. The highest BCUT2D eigenvalue weighted by atomic mass is 79.9. The van der Waals surface area contributed by atoms with E-state index in [1.54, 1.807) is 0 Å². The Hall–Kier alpha value is -2.07. The fourth-order valence-corrected chi connectivity index (χ4v) is 2.88. The predicted molar refractivity (Wildman–Crippen MR) is 83.9 cm³/mol. The van der Waals surface area contributed by atoms with Gasteiger partial charge >= 0.3 is 0 Å². The van der Waals surface area contributed by atoms with Gasteiger partial charge in [0, 0.05) is 28.6 Å². The molecule has 3 aromatic heterocycles. The van der Waals surface area contributed by atoms with Gasteiger partial charge < -0.3 is 8.97 Å². The molecule has 0 aliphatic heterocycles. The van der Waals surface area contributed by atoms with Crippen molar-refractivity contribution in [2.45, 2.75) is 6.54 Å². The van der Waals surface area contributed by atoms with Crippen LogP contribution in [0.4, 0.5) is 0 Å². The number of nitrogens with zero attached hydrogens (tertiary/aromatic N) is 3. The normalized spacial score (nSPS) is 11.4. The van der Waals surface area contributed by atoms with Crippen LogP contribution in [0, 0.1) is 0 Å². The first kappa shape index (κ1) is 11.7. The average molecular weight is 326 g/mol. The van der Waals surface area contributed by atoms with Gasteiger partial charge in [-0.15, -0.1) is 0 Å². The van der Waals surface area contributed by atoms with Crippen molar-refractivity contribution in [1.29, 1.82) is 0 Å². The molecule has 3 heterocycles. The summed E-state index contributed by atoms with van der Waals surface area (Å²) in [6.07, 6.45) is 6.22. The Balaban J connectivity index is 1.78. The van der Waals surface area contributed by atoms with E-state index in [1.165, 1.54) is 10.9 Å². The van der Waals surface area contributed by atoms with Crippen LogP contribution in [0.25, 0.3) is 16.6 Å². The number of aromatic nitrogens is 3. The van der Waals surface area contributed by atoms with Crippen molar-refractivity contribution in [2.24, 2.45) is 0 Å². The second-order valence-corrected chi connectivity index (χ2v) is 5.76. The van der Waals surface area contributed by atoms with Crippen molar-refractivity contribution in [3.05, 3.63) is 71.2 Å². The highest BCUT2D eigenvalue weighted by Gasteiger charge is 2.05. The topological polar surface area (TPSA) is 22.2 Å². The summed E-state index contributed by atoms with van der Waals surface area (Å²) in [5, 5.41) is 1.25. The quantitative estimate of drug-likeness (QED) is 0.544. The van der Waals surface area contributed by atoms with E-state index in [9.17, 15) is 0 Å². The molecule has 4 aromatic rings. The van der Waals surface area contributed by atoms with Gasteiger partial charge in [-0.2, -0.15) is 0 Å². The molecule has 20 heavy (non-hydrogen) atoms. The summed E-state index contributed by atoms with van der Waals surface area (Å²) in [6.45, 7) is 0.779. The zero-order chi connectivity index (χ0) is 13.5.